The Morgan fingerprint density at radius 3 is 2.85 bits per heavy atom. The number of fused-ring (bicyclic) bond motifs is 1. The van der Waals surface area contributed by atoms with Crippen molar-refractivity contribution in [1.82, 2.24) is 4.98 Å². The van der Waals surface area contributed by atoms with E-state index in [1.165, 1.54) is 11.8 Å². The number of pyridine rings is 1. The first-order valence-electron chi connectivity index (χ1n) is 6.84. The monoisotopic (exact) mass is 293 g/mol. The van der Waals surface area contributed by atoms with Gasteiger partial charge in [-0.25, -0.2) is 13.4 Å². The Bertz CT molecular complexity index is 633. The molecule has 1 aromatic heterocycles. The van der Waals surface area contributed by atoms with Crippen LogP contribution in [-0.2, 0) is 22.7 Å². The van der Waals surface area contributed by atoms with Crippen molar-refractivity contribution in [2.75, 3.05) is 23.9 Å². The van der Waals surface area contributed by atoms with Gasteiger partial charge < -0.3 is 5.32 Å². The molecule has 0 fully saturated rings. The first-order valence-corrected chi connectivity index (χ1v) is 8.90. The summed E-state index contributed by atoms with van der Waals surface area (Å²) in [6.45, 7) is 0.507. The van der Waals surface area contributed by atoms with E-state index in [2.05, 4.69) is 16.4 Å². The Morgan fingerprint density at radius 1 is 1.40 bits per heavy atom. The van der Waals surface area contributed by atoms with Gasteiger partial charge in [0.1, 0.15) is 21.7 Å². The Balaban J connectivity index is 2.05. The fourth-order valence-corrected chi connectivity index (χ4v) is 3.06. The van der Waals surface area contributed by atoms with E-state index in [0.717, 1.165) is 31.4 Å². The second-order valence-corrected chi connectivity index (χ2v) is 7.48. The zero-order chi connectivity index (χ0) is 14.6. The normalized spacial score (nSPS) is 14.4. The lowest BCUT2D eigenvalue weighted by Gasteiger charge is -2.17. The molecule has 6 heteroatoms. The van der Waals surface area contributed by atoms with Crippen LogP contribution in [0.25, 0.3) is 0 Å². The third kappa shape index (κ3) is 3.94. The topological polar surface area (TPSA) is 82.8 Å². The molecule has 1 aliphatic rings. The second kappa shape index (κ2) is 6.23. The molecule has 1 aliphatic carbocycles. The Hall–Kier alpha value is -1.61. The SMILES string of the molecule is CS(=O)(=O)CCCNc1nc2c(cc1C#N)CCCC2. The van der Waals surface area contributed by atoms with E-state index < -0.39 is 9.84 Å². The minimum atomic E-state index is -2.93. The first kappa shape index (κ1) is 14.8. The van der Waals surface area contributed by atoms with Crippen LogP contribution in [-0.4, -0.2) is 32.0 Å². The van der Waals surface area contributed by atoms with E-state index in [1.54, 1.807) is 0 Å². The Kier molecular flexibility index (Phi) is 4.61. The highest BCUT2D eigenvalue weighted by atomic mass is 32.2. The molecule has 0 saturated heterocycles. The second-order valence-electron chi connectivity index (χ2n) is 5.22. The summed E-state index contributed by atoms with van der Waals surface area (Å²) in [4.78, 5) is 4.53. The maximum absolute atomic E-state index is 11.1. The van der Waals surface area contributed by atoms with Gasteiger partial charge in [0.15, 0.2) is 0 Å². The van der Waals surface area contributed by atoms with Crippen molar-refractivity contribution in [3.05, 3.63) is 22.9 Å². The molecule has 0 spiro atoms. The van der Waals surface area contributed by atoms with Gasteiger partial charge in [0, 0.05) is 18.5 Å². The molecule has 0 aliphatic heterocycles. The lowest BCUT2D eigenvalue weighted by molar-refractivity contribution is 0.600. The van der Waals surface area contributed by atoms with E-state index >= 15 is 0 Å². The van der Waals surface area contributed by atoms with Crippen LogP contribution in [0.15, 0.2) is 6.07 Å². The largest absolute Gasteiger partial charge is 0.369 e. The Morgan fingerprint density at radius 2 is 2.15 bits per heavy atom. The number of hydrogen-bond donors (Lipinski definition) is 1. The van der Waals surface area contributed by atoms with Crippen LogP contribution in [0.1, 0.15) is 36.1 Å². The molecule has 0 saturated carbocycles. The standard InChI is InChI=1S/C14H19N3O2S/c1-20(18,19)8-4-7-16-14-12(10-15)9-11-5-2-3-6-13(11)17-14/h9H,2-8H2,1H3,(H,16,17). The van der Waals surface area contributed by atoms with E-state index in [-0.39, 0.29) is 5.75 Å². The average Bonchev–Trinajstić information content (AvgIpc) is 2.41. The molecule has 0 amide bonds. The van der Waals surface area contributed by atoms with Crippen LogP contribution >= 0.6 is 0 Å². The molecule has 0 aromatic carbocycles. The zero-order valence-electron chi connectivity index (χ0n) is 11.6. The van der Waals surface area contributed by atoms with Crippen molar-refractivity contribution in [3.8, 4) is 6.07 Å². The van der Waals surface area contributed by atoms with E-state index in [0.29, 0.717) is 24.3 Å². The van der Waals surface area contributed by atoms with Crippen molar-refractivity contribution in [1.29, 1.82) is 5.26 Å². The van der Waals surface area contributed by atoms with Gasteiger partial charge in [-0.15, -0.1) is 0 Å². The van der Waals surface area contributed by atoms with Gasteiger partial charge in [-0.05, 0) is 43.7 Å². The van der Waals surface area contributed by atoms with Gasteiger partial charge in [-0.2, -0.15) is 5.26 Å². The van der Waals surface area contributed by atoms with Crippen molar-refractivity contribution >= 4 is 15.7 Å². The summed E-state index contributed by atoms with van der Waals surface area (Å²) in [5.74, 6) is 0.731. The third-order valence-corrected chi connectivity index (χ3v) is 4.44. The van der Waals surface area contributed by atoms with Gasteiger partial charge >= 0.3 is 0 Å². The fourth-order valence-electron chi connectivity index (χ4n) is 2.39. The summed E-state index contributed by atoms with van der Waals surface area (Å²) in [7, 11) is -2.93. The smallest absolute Gasteiger partial charge is 0.147 e. The zero-order valence-corrected chi connectivity index (χ0v) is 12.5. The first-order chi connectivity index (χ1) is 9.49. The number of rotatable bonds is 5. The molecule has 0 unspecified atom stereocenters. The van der Waals surface area contributed by atoms with Crippen LogP contribution in [0.3, 0.4) is 0 Å². The number of nitrogens with zero attached hydrogens (tertiary/aromatic N) is 2. The highest BCUT2D eigenvalue weighted by molar-refractivity contribution is 7.90. The molecule has 5 nitrogen and oxygen atoms in total. The van der Waals surface area contributed by atoms with Crippen LogP contribution in [0.4, 0.5) is 5.82 Å². The quantitative estimate of drug-likeness (QED) is 0.835. The molecule has 20 heavy (non-hydrogen) atoms. The highest BCUT2D eigenvalue weighted by Crippen LogP contribution is 2.24. The number of aryl methyl sites for hydroxylation is 2. The lowest BCUT2D eigenvalue weighted by atomic mass is 9.95. The summed E-state index contributed by atoms with van der Waals surface area (Å²) in [5, 5.41) is 12.3. The molecule has 0 bridgehead atoms. The predicted octanol–water partition coefficient (Wildman–Crippen LogP) is 1.68. The summed E-state index contributed by atoms with van der Waals surface area (Å²) < 4.78 is 22.1. The molecule has 1 heterocycles. The number of nitriles is 1. The molecule has 0 radical (unpaired) electrons. The van der Waals surface area contributed by atoms with Crippen LogP contribution in [0, 0.1) is 11.3 Å². The van der Waals surface area contributed by atoms with Gasteiger partial charge in [0.2, 0.25) is 0 Å². The number of hydrogen-bond acceptors (Lipinski definition) is 5. The number of anilines is 1. The van der Waals surface area contributed by atoms with E-state index in [1.807, 2.05) is 6.07 Å². The maximum atomic E-state index is 11.1. The average molecular weight is 293 g/mol. The van der Waals surface area contributed by atoms with Crippen LogP contribution < -0.4 is 5.32 Å². The summed E-state index contributed by atoms with van der Waals surface area (Å²) in [6, 6.07) is 4.08. The number of aromatic nitrogens is 1. The lowest BCUT2D eigenvalue weighted by Crippen LogP contribution is -2.13. The fraction of sp³-hybridized carbons (Fsp3) is 0.571. The molecular weight excluding hydrogens is 274 g/mol. The third-order valence-electron chi connectivity index (χ3n) is 3.41. The van der Waals surface area contributed by atoms with Gasteiger partial charge in [-0.1, -0.05) is 0 Å². The van der Waals surface area contributed by atoms with Gasteiger partial charge in [-0.3, -0.25) is 0 Å². The molecule has 108 valence electrons. The van der Waals surface area contributed by atoms with Gasteiger partial charge in [0.25, 0.3) is 0 Å². The summed E-state index contributed by atoms with van der Waals surface area (Å²) in [5.41, 5.74) is 2.79. The minimum absolute atomic E-state index is 0.146. The van der Waals surface area contributed by atoms with Crippen LogP contribution in [0.5, 0.6) is 0 Å². The van der Waals surface area contributed by atoms with Gasteiger partial charge in [0.05, 0.1) is 11.3 Å². The molecular formula is C14H19N3O2S. The maximum Gasteiger partial charge on any atom is 0.147 e. The predicted molar refractivity (Wildman–Crippen MR) is 78.4 cm³/mol. The van der Waals surface area contributed by atoms with Crippen molar-refractivity contribution in [2.45, 2.75) is 32.1 Å². The molecule has 1 aromatic rings. The van der Waals surface area contributed by atoms with Crippen molar-refractivity contribution in [2.24, 2.45) is 0 Å². The van der Waals surface area contributed by atoms with Crippen molar-refractivity contribution < 1.29 is 8.42 Å². The van der Waals surface area contributed by atoms with Crippen LogP contribution in [0.2, 0.25) is 0 Å². The minimum Gasteiger partial charge on any atom is -0.369 e. The highest BCUT2D eigenvalue weighted by Gasteiger charge is 2.14. The summed E-state index contributed by atoms with van der Waals surface area (Å²) in [6.07, 6.45) is 5.98. The van der Waals surface area contributed by atoms with E-state index in [4.69, 9.17) is 0 Å². The van der Waals surface area contributed by atoms with Crippen molar-refractivity contribution in [3.63, 3.8) is 0 Å². The number of nitrogens with one attached hydrogen (secondary N) is 1. The van der Waals surface area contributed by atoms with E-state index in [9.17, 15) is 13.7 Å². The molecule has 2 rings (SSSR count). The summed E-state index contributed by atoms with van der Waals surface area (Å²) >= 11 is 0. The number of sulfone groups is 1. The molecule has 0 atom stereocenters. The Labute approximate surface area is 119 Å². The molecule has 1 N–H and O–H groups in total.